The van der Waals surface area contributed by atoms with Crippen molar-refractivity contribution in [3.05, 3.63) is 0 Å². The summed E-state index contributed by atoms with van der Waals surface area (Å²) in [6.45, 7) is 0. The van der Waals surface area contributed by atoms with E-state index in [4.69, 9.17) is 0 Å². The normalized spacial score (nSPS) is 0. The van der Waals surface area contributed by atoms with Gasteiger partial charge in [-0.05, 0) is 0 Å². The Morgan fingerprint density at radius 2 is 1.00 bits per heavy atom. The first kappa shape index (κ1) is 47.8. The van der Waals surface area contributed by atoms with Gasteiger partial charge in [-0.15, -0.1) is 0 Å². The van der Waals surface area contributed by atoms with Crippen molar-refractivity contribution in [2.24, 2.45) is 0 Å². The topological polar surface area (TPSA) is 0 Å². The van der Waals surface area contributed by atoms with Gasteiger partial charge in [-0.3, -0.25) is 0 Å². The minimum atomic E-state index is 0. The molecule has 0 unspecified atom stereocenters. The van der Waals surface area contributed by atoms with E-state index in [1.165, 1.54) is 0 Å². The second kappa shape index (κ2) is 30.0. The van der Waals surface area contributed by atoms with Crippen LogP contribution in [0.5, 0.6) is 0 Å². The van der Waals surface area contributed by atoms with E-state index >= 15 is 0 Å². The summed E-state index contributed by atoms with van der Waals surface area (Å²) in [6.07, 6.45) is 0. The summed E-state index contributed by atoms with van der Waals surface area (Å²) in [4.78, 5) is 0. The molecule has 0 nitrogen and oxygen atoms in total. The predicted octanol–water partition coefficient (Wildman–Crippen LogP) is -1.15. The van der Waals surface area contributed by atoms with Crippen LogP contribution < -0.4 is 0 Å². The average Bonchev–Trinajstić information content (AvgIpc) is 0. The van der Waals surface area contributed by atoms with Crippen LogP contribution in [-0.2, 0) is 40.5 Å². The van der Waals surface area contributed by atoms with Gasteiger partial charge in [0.05, 0.1) is 0 Å². The zero-order chi connectivity index (χ0) is 0. The molecule has 0 spiro atoms. The summed E-state index contributed by atoms with van der Waals surface area (Å²) in [5.74, 6) is 0. The van der Waals surface area contributed by atoms with Crippen LogP contribution in [0, 0.1) is 0 Å². The fourth-order valence-corrected chi connectivity index (χ4v) is 0. The fourth-order valence-electron chi connectivity index (χ4n) is 0. The van der Waals surface area contributed by atoms with Gasteiger partial charge in [0.25, 0.3) is 0 Å². The van der Waals surface area contributed by atoms with Crippen molar-refractivity contribution >= 4 is 48.8 Å². The summed E-state index contributed by atoms with van der Waals surface area (Å²) in [5, 5.41) is 0. The van der Waals surface area contributed by atoms with Crippen molar-refractivity contribution in [1.29, 1.82) is 0 Å². The second-order valence-corrected chi connectivity index (χ2v) is 0. The summed E-state index contributed by atoms with van der Waals surface area (Å²) >= 11 is 0. The van der Waals surface area contributed by atoms with E-state index in [0.29, 0.717) is 0 Å². The Kier molecular flexibility index (Phi) is 287. The monoisotopic (exact) mass is 224 g/mol. The Morgan fingerprint density at radius 3 is 1.00 bits per heavy atom. The van der Waals surface area contributed by atoms with Gasteiger partial charge in [0.1, 0.15) is 0 Å². The molecule has 0 atom stereocenters. The minimum Gasteiger partial charge on any atom is 0 e. The Balaban J connectivity index is 0. The number of hydrogen-bond acceptors (Lipinski definition) is 0. The van der Waals surface area contributed by atoms with Crippen molar-refractivity contribution in [2.75, 3.05) is 0 Å². The van der Waals surface area contributed by atoms with E-state index in [1.54, 1.807) is 0 Å². The molecule has 0 fully saturated rings. The van der Waals surface area contributed by atoms with Crippen LogP contribution in [0.2, 0.25) is 0 Å². The predicted molar refractivity (Wildman–Crippen MR) is 17.3 cm³/mol. The van der Waals surface area contributed by atoms with Crippen LogP contribution in [0.15, 0.2) is 0 Å². The smallest absolute Gasteiger partial charge is 0 e. The van der Waals surface area contributed by atoms with Gasteiger partial charge >= 0.3 is 0 Å². The Labute approximate surface area is 88.1 Å². The van der Waals surface area contributed by atoms with E-state index in [1.807, 2.05) is 0 Å². The zero-order valence-corrected chi connectivity index (χ0v) is 10.5. The molecule has 0 rings (SSSR count). The molecule has 0 aromatic carbocycles. The molecule has 0 aliphatic rings. The van der Waals surface area contributed by atoms with Crippen molar-refractivity contribution in [3.8, 4) is 0 Å². The van der Waals surface area contributed by atoms with Crippen LogP contribution >= 0.6 is 0 Å². The van der Waals surface area contributed by atoms with E-state index in [0.717, 1.165) is 0 Å². The van der Waals surface area contributed by atoms with Gasteiger partial charge in [-0.1, -0.05) is 0 Å². The molecule has 0 bridgehead atoms. The maximum Gasteiger partial charge on any atom is 0 e. The molecule has 0 aromatic heterocycles. The summed E-state index contributed by atoms with van der Waals surface area (Å²) < 4.78 is 0. The second-order valence-electron chi connectivity index (χ2n) is 0. The van der Waals surface area contributed by atoms with Crippen molar-refractivity contribution < 1.29 is 40.5 Å². The maximum absolute atomic E-state index is 0. The molecule has 0 saturated heterocycles. The van der Waals surface area contributed by atoms with E-state index in [2.05, 4.69) is 0 Å². The molecule has 0 amide bonds. The summed E-state index contributed by atoms with van der Waals surface area (Å²) in [7, 11) is 0. The van der Waals surface area contributed by atoms with E-state index < -0.39 is 0 Å². The van der Waals surface area contributed by atoms with Crippen LogP contribution in [0.1, 0.15) is 0 Å². The quantitative estimate of drug-likeness (QED) is 0.455. The molecule has 5 heteroatoms. The third-order valence-electron chi connectivity index (χ3n) is 0. The van der Waals surface area contributed by atoms with Gasteiger partial charge in [0, 0.05) is 89.4 Å². The van der Waals surface area contributed by atoms with Crippen molar-refractivity contribution in [1.82, 2.24) is 0 Å². The molecular weight excluding hydrogens is 223 g/mol. The SMILES string of the molecule is [Al].[B].[Mg].[Mo].[Zn]. The number of hydrogen-bond donors (Lipinski definition) is 0. The van der Waals surface area contributed by atoms with E-state index in [-0.39, 0.29) is 89.4 Å². The van der Waals surface area contributed by atoms with Gasteiger partial charge < -0.3 is 0 Å². The fraction of sp³-hybridized carbons (Fsp3) is 0. The summed E-state index contributed by atoms with van der Waals surface area (Å²) in [5.41, 5.74) is 0. The molecule has 0 aromatic rings. The molecule has 0 heterocycles. The molecule has 0 aliphatic carbocycles. The van der Waals surface area contributed by atoms with Crippen molar-refractivity contribution in [3.63, 3.8) is 0 Å². The first-order valence-corrected chi connectivity index (χ1v) is 0. The zero-order valence-electron chi connectivity index (χ0n) is 2.98. The molecule has 16 valence electrons. The Hall–Kier alpha value is 2.68. The summed E-state index contributed by atoms with van der Waals surface area (Å²) in [6, 6.07) is 0. The molecule has 5 heavy (non-hydrogen) atoms. The van der Waals surface area contributed by atoms with Gasteiger partial charge in [0.15, 0.2) is 0 Å². The Bertz CT molecular complexity index is 11.6. The van der Waals surface area contributed by atoms with Crippen LogP contribution in [0.4, 0.5) is 0 Å². The standard InChI is InChI=1S/Al.B.Mg.Mo.Zn. The average molecular weight is 223 g/mol. The van der Waals surface area contributed by atoms with Gasteiger partial charge in [-0.25, -0.2) is 0 Å². The maximum atomic E-state index is 0. The Morgan fingerprint density at radius 1 is 1.00 bits per heavy atom. The van der Waals surface area contributed by atoms with Crippen molar-refractivity contribution in [2.45, 2.75) is 0 Å². The first-order valence-electron chi connectivity index (χ1n) is 0. The van der Waals surface area contributed by atoms with Crippen LogP contribution in [0.3, 0.4) is 0 Å². The number of rotatable bonds is 0. The molecule has 0 saturated carbocycles. The minimum absolute atomic E-state index is 0. The molecule has 0 N–H and O–H groups in total. The third-order valence-corrected chi connectivity index (χ3v) is 0. The van der Waals surface area contributed by atoms with Gasteiger partial charge in [-0.2, -0.15) is 0 Å². The largest absolute Gasteiger partial charge is 0 e. The van der Waals surface area contributed by atoms with E-state index in [9.17, 15) is 0 Å². The third kappa shape index (κ3) is 20.4. The molecule has 0 aliphatic heterocycles. The molecular formula is AlBMgMoZn. The molecule has 8 radical (unpaired) electrons. The van der Waals surface area contributed by atoms with Gasteiger partial charge in [0.2, 0.25) is 0 Å². The first-order chi connectivity index (χ1) is 0. The van der Waals surface area contributed by atoms with Crippen LogP contribution in [0.25, 0.3) is 0 Å². The van der Waals surface area contributed by atoms with Crippen LogP contribution in [-0.4, -0.2) is 48.8 Å².